The highest BCUT2D eigenvalue weighted by Gasteiger charge is 2.40. The highest BCUT2D eigenvalue weighted by atomic mass is 32.2. The Morgan fingerprint density at radius 2 is 1.71 bits per heavy atom. The molecule has 2 heterocycles. The minimum atomic E-state index is -3.71. The summed E-state index contributed by atoms with van der Waals surface area (Å²) in [4.78, 5) is 28.5. The van der Waals surface area contributed by atoms with Gasteiger partial charge in [0.15, 0.2) is 0 Å². The van der Waals surface area contributed by atoms with Gasteiger partial charge >= 0.3 is 0 Å². The second-order valence-corrected chi connectivity index (χ2v) is 12.6. The van der Waals surface area contributed by atoms with Crippen LogP contribution in [0.5, 0.6) is 0 Å². The normalized spacial score (nSPS) is 17.9. The number of rotatable bonds is 6. The summed E-state index contributed by atoms with van der Waals surface area (Å²) in [5, 5.41) is 14.7. The summed E-state index contributed by atoms with van der Waals surface area (Å²) in [5.74, 6) is -0.971. The SMILES string of the molecule is CC1=C(C#N)C(=O)N(C2CCCCC2)C(=O)/C1=C/c1cn(-c2ccccc2)nc1-c1cccc(S(=O)(=O)N(C)C)c1. The lowest BCUT2D eigenvalue weighted by atomic mass is 9.88. The first-order chi connectivity index (χ1) is 19.6. The predicted octanol–water partition coefficient (Wildman–Crippen LogP) is 4.71. The van der Waals surface area contributed by atoms with Gasteiger partial charge in [-0.3, -0.25) is 14.5 Å². The number of hydrogen-bond acceptors (Lipinski definition) is 6. The van der Waals surface area contributed by atoms with E-state index in [2.05, 4.69) is 0 Å². The van der Waals surface area contributed by atoms with Crippen molar-refractivity contribution >= 4 is 27.9 Å². The van der Waals surface area contributed by atoms with Crippen molar-refractivity contribution in [2.75, 3.05) is 14.1 Å². The maximum Gasteiger partial charge on any atom is 0.271 e. The summed E-state index contributed by atoms with van der Waals surface area (Å²) in [6, 6.07) is 17.7. The van der Waals surface area contributed by atoms with Gasteiger partial charge in [0.2, 0.25) is 10.0 Å². The van der Waals surface area contributed by atoms with Gasteiger partial charge in [-0.2, -0.15) is 10.4 Å². The van der Waals surface area contributed by atoms with Crippen LogP contribution in [-0.2, 0) is 19.6 Å². The number of carbonyl (C=O) groups excluding carboxylic acids is 2. The smallest absolute Gasteiger partial charge is 0.271 e. The molecule has 0 bridgehead atoms. The monoisotopic (exact) mass is 569 g/mol. The van der Waals surface area contributed by atoms with Crippen molar-refractivity contribution in [1.29, 1.82) is 5.26 Å². The topological polar surface area (TPSA) is 116 Å². The Morgan fingerprint density at radius 1 is 1.00 bits per heavy atom. The van der Waals surface area contributed by atoms with Gasteiger partial charge in [0.25, 0.3) is 11.8 Å². The molecule has 10 heteroatoms. The fourth-order valence-corrected chi connectivity index (χ4v) is 6.32. The summed E-state index contributed by atoms with van der Waals surface area (Å²) >= 11 is 0. The lowest BCUT2D eigenvalue weighted by Gasteiger charge is -2.36. The summed E-state index contributed by atoms with van der Waals surface area (Å²) in [7, 11) is -0.765. The lowest BCUT2D eigenvalue weighted by Crippen LogP contribution is -2.49. The van der Waals surface area contributed by atoms with Crippen molar-refractivity contribution in [2.45, 2.75) is 50.0 Å². The van der Waals surface area contributed by atoms with Gasteiger partial charge in [-0.05, 0) is 55.7 Å². The zero-order chi connectivity index (χ0) is 29.3. The van der Waals surface area contributed by atoms with Crippen LogP contribution in [0.25, 0.3) is 23.0 Å². The van der Waals surface area contributed by atoms with E-state index in [1.807, 2.05) is 36.4 Å². The molecule has 1 aliphatic carbocycles. The first-order valence-electron chi connectivity index (χ1n) is 13.5. The van der Waals surface area contributed by atoms with E-state index in [0.29, 0.717) is 35.2 Å². The molecule has 1 aliphatic heterocycles. The number of imide groups is 1. The summed E-state index contributed by atoms with van der Waals surface area (Å²) in [6.07, 6.45) is 7.75. The Kier molecular flexibility index (Phi) is 7.76. The molecule has 1 aromatic heterocycles. The number of nitriles is 1. The van der Waals surface area contributed by atoms with E-state index in [1.54, 1.807) is 42.1 Å². The summed E-state index contributed by atoms with van der Waals surface area (Å²) in [5.41, 5.74) is 2.84. The molecule has 0 radical (unpaired) electrons. The minimum Gasteiger partial charge on any atom is -0.271 e. The molecule has 2 amide bonds. The Bertz CT molecular complexity index is 1720. The fourth-order valence-electron chi connectivity index (χ4n) is 5.37. The Hall–Kier alpha value is -4.33. The molecule has 3 aromatic rings. The standard InChI is InChI=1S/C31H31N5O4S/c1-21-27(30(37)36(31(38)28(21)19-32)25-14-8-5-9-15-25)18-23-20-35(24-12-6-4-7-13-24)33-29(23)22-11-10-16-26(17-22)41(39,40)34(2)3/h4,6-7,10-13,16-18,20,25H,5,8-9,14-15H2,1-3H3/b27-18+. The van der Waals surface area contributed by atoms with Crippen LogP contribution in [0.4, 0.5) is 0 Å². The summed E-state index contributed by atoms with van der Waals surface area (Å²) in [6.45, 7) is 1.62. The van der Waals surface area contributed by atoms with Gasteiger partial charge in [0.1, 0.15) is 17.3 Å². The number of nitrogens with zero attached hydrogens (tertiary/aromatic N) is 5. The maximum absolute atomic E-state index is 13.9. The van der Waals surface area contributed by atoms with Crippen molar-refractivity contribution in [3.63, 3.8) is 0 Å². The first kappa shape index (κ1) is 28.2. The second-order valence-electron chi connectivity index (χ2n) is 10.5. The van der Waals surface area contributed by atoms with Crippen molar-refractivity contribution in [3.05, 3.63) is 83.1 Å². The Labute approximate surface area is 240 Å². The van der Waals surface area contributed by atoms with E-state index >= 15 is 0 Å². The van der Waals surface area contributed by atoms with Crippen LogP contribution in [0.3, 0.4) is 0 Å². The van der Waals surface area contributed by atoms with Gasteiger partial charge < -0.3 is 0 Å². The molecule has 41 heavy (non-hydrogen) atoms. The highest BCUT2D eigenvalue weighted by molar-refractivity contribution is 7.89. The van der Waals surface area contributed by atoms with E-state index in [9.17, 15) is 23.3 Å². The largest absolute Gasteiger partial charge is 0.271 e. The molecule has 2 aromatic carbocycles. The number of carbonyl (C=O) groups is 2. The van der Waals surface area contributed by atoms with E-state index in [4.69, 9.17) is 5.10 Å². The molecule has 0 atom stereocenters. The Morgan fingerprint density at radius 3 is 2.37 bits per heavy atom. The van der Waals surface area contributed by atoms with Gasteiger partial charge in [0, 0.05) is 43.0 Å². The molecule has 5 rings (SSSR count). The number of sulfonamides is 1. The van der Waals surface area contributed by atoms with Crippen LogP contribution >= 0.6 is 0 Å². The van der Waals surface area contributed by atoms with Crippen molar-refractivity contribution in [1.82, 2.24) is 19.0 Å². The number of aromatic nitrogens is 2. The second kappa shape index (κ2) is 11.3. The molecule has 9 nitrogen and oxygen atoms in total. The van der Waals surface area contributed by atoms with Gasteiger partial charge in [0.05, 0.1) is 10.6 Å². The zero-order valence-corrected chi connectivity index (χ0v) is 24.1. The Balaban J connectivity index is 1.69. The first-order valence-corrected chi connectivity index (χ1v) is 15.0. The number of benzene rings is 2. The van der Waals surface area contributed by atoms with E-state index in [1.165, 1.54) is 25.1 Å². The number of amides is 2. The van der Waals surface area contributed by atoms with E-state index in [-0.39, 0.29) is 22.1 Å². The average Bonchev–Trinajstić information content (AvgIpc) is 3.40. The molecule has 1 fully saturated rings. The molecule has 2 aliphatic rings. The number of hydrogen-bond donors (Lipinski definition) is 0. The zero-order valence-electron chi connectivity index (χ0n) is 23.2. The third-order valence-corrected chi connectivity index (χ3v) is 9.47. The average molecular weight is 570 g/mol. The van der Waals surface area contributed by atoms with E-state index in [0.717, 1.165) is 29.3 Å². The van der Waals surface area contributed by atoms with Crippen LogP contribution in [0.15, 0.2) is 82.4 Å². The lowest BCUT2D eigenvalue weighted by molar-refractivity contribution is -0.143. The molecular formula is C31H31N5O4S. The quantitative estimate of drug-likeness (QED) is 0.313. The van der Waals surface area contributed by atoms with Gasteiger partial charge in [-0.1, -0.05) is 49.6 Å². The third-order valence-electron chi connectivity index (χ3n) is 7.66. The van der Waals surface area contributed by atoms with Crippen LogP contribution < -0.4 is 0 Å². The van der Waals surface area contributed by atoms with Gasteiger partial charge in [-0.15, -0.1) is 0 Å². The maximum atomic E-state index is 13.9. The van der Waals surface area contributed by atoms with Crippen molar-refractivity contribution in [3.8, 4) is 23.0 Å². The van der Waals surface area contributed by atoms with Gasteiger partial charge in [-0.25, -0.2) is 17.4 Å². The summed E-state index contributed by atoms with van der Waals surface area (Å²) < 4.78 is 28.6. The van der Waals surface area contributed by atoms with Crippen LogP contribution in [0.2, 0.25) is 0 Å². The van der Waals surface area contributed by atoms with Crippen molar-refractivity contribution < 1.29 is 18.0 Å². The minimum absolute atomic E-state index is 0.0440. The molecule has 0 saturated heterocycles. The molecule has 1 saturated carbocycles. The van der Waals surface area contributed by atoms with Crippen molar-refractivity contribution in [2.24, 2.45) is 0 Å². The van der Waals surface area contributed by atoms with E-state index < -0.39 is 21.8 Å². The molecule has 0 unspecified atom stereocenters. The molecular weight excluding hydrogens is 538 g/mol. The fraction of sp³-hybridized carbons (Fsp3) is 0.290. The van der Waals surface area contributed by atoms with Crippen LogP contribution in [0.1, 0.15) is 44.6 Å². The molecule has 210 valence electrons. The predicted molar refractivity (Wildman–Crippen MR) is 155 cm³/mol. The number of para-hydroxylation sites is 1. The molecule has 0 N–H and O–H groups in total. The van der Waals surface area contributed by atoms with Crippen LogP contribution in [0, 0.1) is 11.3 Å². The third kappa shape index (κ3) is 5.26. The molecule has 0 spiro atoms. The van der Waals surface area contributed by atoms with Crippen LogP contribution in [-0.4, -0.2) is 59.4 Å². The highest BCUT2D eigenvalue weighted by Crippen LogP contribution is 2.35.